The van der Waals surface area contributed by atoms with E-state index in [-0.39, 0.29) is 22.3 Å². The highest BCUT2D eigenvalue weighted by atomic mass is 35.5. The molecular weight excluding hydrogens is 403 g/mol. The molecule has 0 saturated carbocycles. The van der Waals surface area contributed by atoms with Crippen molar-refractivity contribution < 1.29 is 18.9 Å². The summed E-state index contributed by atoms with van der Waals surface area (Å²) in [6, 6.07) is 8.93. The number of benzene rings is 2. The van der Waals surface area contributed by atoms with Gasteiger partial charge in [0.1, 0.15) is 10.8 Å². The van der Waals surface area contributed by atoms with Gasteiger partial charge in [-0.3, -0.25) is 14.9 Å². The molecule has 0 spiro atoms. The third-order valence-corrected chi connectivity index (χ3v) is 4.88. The number of nitro groups is 1. The Kier molecular flexibility index (Phi) is 6.28. The lowest BCUT2D eigenvalue weighted by atomic mass is 10.2. The van der Waals surface area contributed by atoms with E-state index in [9.17, 15) is 24.1 Å². The first-order chi connectivity index (χ1) is 13.8. The molecule has 1 aliphatic heterocycles. The molecule has 3 amide bonds. The highest BCUT2D eigenvalue weighted by Gasteiger charge is 2.23. The topological polar surface area (TPSA) is 95.8 Å². The number of nitro benzene ring substituents is 1. The van der Waals surface area contributed by atoms with E-state index in [1.165, 1.54) is 42.5 Å². The summed E-state index contributed by atoms with van der Waals surface area (Å²) in [5.74, 6) is -0.636. The van der Waals surface area contributed by atoms with Gasteiger partial charge in [0.2, 0.25) is 0 Å². The molecular formula is C19H18ClFN4O4. The molecule has 1 fully saturated rings. The van der Waals surface area contributed by atoms with Crippen molar-refractivity contribution in [2.75, 3.05) is 31.5 Å². The summed E-state index contributed by atoms with van der Waals surface area (Å²) in [7, 11) is 0. The molecule has 1 N–H and O–H groups in total. The summed E-state index contributed by atoms with van der Waals surface area (Å²) in [5, 5.41) is 13.6. The number of hydrogen-bond acceptors (Lipinski definition) is 4. The van der Waals surface area contributed by atoms with Gasteiger partial charge >= 0.3 is 6.03 Å². The van der Waals surface area contributed by atoms with Crippen molar-refractivity contribution in [1.29, 1.82) is 0 Å². The van der Waals surface area contributed by atoms with Crippen LogP contribution in [0.1, 0.15) is 16.8 Å². The van der Waals surface area contributed by atoms with Crippen molar-refractivity contribution in [3.8, 4) is 0 Å². The first-order valence-corrected chi connectivity index (χ1v) is 9.27. The van der Waals surface area contributed by atoms with Crippen LogP contribution in [0, 0.1) is 15.9 Å². The first-order valence-electron chi connectivity index (χ1n) is 8.90. The lowest BCUT2D eigenvalue weighted by Gasteiger charge is -2.22. The van der Waals surface area contributed by atoms with Crippen LogP contribution < -0.4 is 5.32 Å². The van der Waals surface area contributed by atoms with Crippen LogP contribution in [0.3, 0.4) is 0 Å². The monoisotopic (exact) mass is 420 g/mol. The van der Waals surface area contributed by atoms with Crippen molar-refractivity contribution in [3.05, 3.63) is 69.0 Å². The Balaban J connectivity index is 1.62. The van der Waals surface area contributed by atoms with E-state index in [1.807, 2.05) is 0 Å². The number of urea groups is 1. The minimum absolute atomic E-state index is 0.0160. The summed E-state index contributed by atoms with van der Waals surface area (Å²) in [5.41, 5.74) is 0.351. The average molecular weight is 421 g/mol. The fourth-order valence-electron chi connectivity index (χ4n) is 3.03. The summed E-state index contributed by atoms with van der Waals surface area (Å²) in [4.78, 5) is 38.6. The van der Waals surface area contributed by atoms with Gasteiger partial charge in [0.25, 0.3) is 11.6 Å². The lowest BCUT2D eigenvalue weighted by Crippen LogP contribution is -2.39. The summed E-state index contributed by atoms with van der Waals surface area (Å²) >= 11 is 5.78. The minimum atomic E-state index is -0.622. The molecule has 29 heavy (non-hydrogen) atoms. The van der Waals surface area contributed by atoms with Gasteiger partial charge in [-0.25, -0.2) is 9.18 Å². The summed E-state index contributed by atoms with van der Waals surface area (Å²) in [6.07, 6.45) is 0.571. The maximum absolute atomic E-state index is 13.0. The number of hydrogen-bond donors (Lipinski definition) is 1. The van der Waals surface area contributed by atoms with E-state index in [0.717, 1.165) is 0 Å². The molecule has 0 radical (unpaired) electrons. The van der Waals surface area contributed by atoms with Crippen LogP contribution >= 0.6 is 11.6 Å². The Bertz CT molecular complexity index is 938. The van der Waals surface area contributed by atoms with Gasteiger partial charge in [0.05, 0.1) is 4.92 Å². The molecule has 1 heterocycles. The van der Waals surface area contributed by atoms with Crippen molar-refractivity contribution >= 4 is 34.9 Å². The fourth-order valence-corrected chi connectivity index (χ4v) is 3.22. The van der Waals surface area contributed by atoms with Crippen LogP contribution in [0.4, 0.5) is 20.6 Å². The number of carbonyl (C=O) groups is 2. The van der Waals surface area contributed by atoms with Crippen molar-refractivity contribution in [2.45, 2.75) is 6.42 Å². The van der Waals surface area contributed by atoms with Gasteiger partial charge in [0, 0.05) is 43.5 Å². The molecule has 1 aliphatic rings. The number of carbonyl (C=O) groups excluding carboxylic acids is 2. The Hall–Kier alpha value is -3.20. The molecule has 0 unspecified atom stereocenters. The number of halogens is 2. The molecule has 152 valence electrons. The van der Waals surface area contributed by atoms with Crippen molar-refractivity contribution in [1.82, 2.24) is 9.80 Å². The zero-order chi connectivity index (χ0) is 21.0. The zero-order valence-electron chi connectivity index (χ0n) is 15.3. The van der Waals surface area contributed by atoms with Gasteiger partial charge in [-0.15, -0.1) is 0 Å². The van der Waals surface area contributed by atoms with Crippen LogP contribution in [-0.4, -0.2) is 52.8 Å². The summed E-state index contributed by atoms with van der Waals surface area (Å²) in [6.45, 7) is 1.51. The standard InChI is InChI=1S/C19H18ClFN4O4/c20-16-7-6-15(12-17(16)25(28)29)22-19(27)24-9-1-8-23(10-11-24)18(26)13-2-4-14(21)5-3-13/h2-7,12H,1,8-11H2,(H,22,27). The molecule has 1 saturated heterocycles. The second kappa shape index (κ2) is 8.87. The van der Waals surface area contributed by atoms with Gasteiger partial charge < -0.3 is 15.1 Å². The van der Waals surface area contributed by atoms with E-state index in [1.54, 1.807) is 9.80 Å². The third-order valence-electron chi connectivity index (χ3n) is 4.56. The number of amides is 3. The Morgan fingerprint density at radius 2 is 1.69 bits per heavy atom. The minimum Gasteiger partial charge on any atom is -0.337 e. The number of nitrogens with zero attached hydrogens (tertiary/aromatic N) is 3. The Labute approximate surface area is 171 Å². The number of rotatable bonds is 3. The molecule has 0 aliphatic carbocycles. The number of anilines is 1. The molecule has 10 heteroatoms. The van der Waals surface area contributed by atoms with Crippen LogP contribution in [0.2, 0.25) is 5.02 Å². The largest absolute Gasteiger partial charge is 0.337 e. The van der Waals surface area contributed by atoms with Gasteiger partial charge in [0.15, 0.2) is 0 Å². The van der Waals surface area contributed by atoms with Crippen molar-refractivity contribution in [3.63, 3.8) is 0 Å². The zero-order valence-corrected chi connectivity index (χ0v) is 16.1. The van der Waals surface area contributed by atoms with Gasteiger partial charge in [-0.05, 0) is 42.8 Å². The quantitative estimate of drug-likeness (QED) is 0.604. The van der Waals surface area contributed by atoms with Crippen LogP contribution in [0.5, 0.6) is 0 Å². The molecule has 8 nitrogen and oxygen atoms in total. The molecule has 0 atom stereocenters. The SMILES string of the molecule is O=C(Nc1ccc(Cl)c([N+](=O)[O-])c1)N1CCCN(C(=O)c2ccc(F)cc2)CC1. The second-order valence-corrected chi connectivity index (χ2v) is 6.90. The molecule has 2 aromatic carbocycles. The normalized spacial score (nSPS) is 14.3. The number of nitrogens with one attached hydrogen (secondary N) is 1. The van der Waals surface area contributed by atoms with Crippen molar-refractivity contribution in [2.24, 2.45) is 0 Å². The molecule has 0 aromatic heterocycles. The third kappa shape index (κ3) is 5.00. The Morgan fingerprint density at radius 1 is 1.03 bits per heavy atom. The predicted molar refractivity (Wildman–Crippen MR) is 106 cm³/mol. The van der Waals surface area contributed by atoms with Gasteiger partial charge in [-0.1, -0.05) is 11.6 Å². The van der Waals surface area contributed by atoms with E-state index in [2.05, 4.69) is 5.32 Å². The first kappa shape index (κ1) is 20.5. The second-order valence-electron chi connectivity index (χ2n) is 6.49. The predicted octanol–water partition coefficient (Wildman–Crippen LogP) is 3.77. The maximum atomic E-state index is 13.0. The van der Waals surface area contributed by atoms with Crippen LogP contribution in [0.25, 0.3) is 0 Å². The van der Waals surface area contributed by atoms with E-state index < -0.39 is 16.8 Å². The average Bonchev–Trinajstić information content (AvgIpc) is 2.95. The van der Waals surface area contributed by atoms with Gasteiger partial charge in [-0.2, -0.15) is 0 Å². The highest BCUT2D eigenvalue weighted by molar-refractivity contribution is 6.32. The Morgan fingerprint density at radius 3 is 2.38 bits per heavy atom. The smallest absolute Gasteiger partial charge is 0.321 e. The van der Waals surface area contributed by atoms with E-state index in [4.69, 9.17) is 11.6 Å². The molecule has 0 bridgehead atoms. The summed E-state index contributed by atoms with van der Waals surface area (Å²) < 4.78 is 13.0. The van der Waals surface area contributed by atoms with E-state index >= 15 is 0 Å². The molecule has 3 rings (SSSR count). The van der Waals surface area contributed by atoms with Crippen LogP contribution in [-0.2, 0) is 0 Å². The fraction of sp³-hybridized carbons (Fsp3) is 0.263. The maximum Gasteiger partial charge on any atom is 0.321 e. The highest BCUT2D eigenvalue weighted by Crippen LogP contribution is 2.27. The lowest BCUT2D eigenvalue weighted by molar-refractivity contribution is -0.384. The van der Waals surface area contributed by atoms with E-state index in [0.29, 0.717) is 38.2 Å². The molecule has 2 aromatic rings. The van der Waals surface area contributed by atoms with Crippen LogP contribution in [0.15, 0.2) is 42.5 Å².